The molecule has 0 nitrogen and oxygen atoms in total. The SMILES string of the molecule is CC[SH](F)(F)(F)CC. The second-order valence-corrected chi connectivity index (χ2v) is 5.29. The van der Waals surface area contributed by atoms with E-state index in [1.54, 1.807) is 0 Å². The lowest BCUT2D eigenvalue weighted by Crippen LogP contribution is -2.03. The number of halogens is 3. The molecule has 0 aliphatic carbocycles. The molecule has 0 saturated carbocycles. The van der Waals surface area contributed by atoms with Gasteiger partial charge in [0.15, 0.2) is 0 Å². The molecule has 0 amide bonds. The molecule has 0 rings (SSSR count). The molecule has 0 aromatic rings. The summed E-state index contributed by atoms with van der Waals surface area (Å²) in [6, 6.07) is 0. The van der Waals surface area contributed by atoms with Crippen LogP contribution in [0, 0.1) is 0 Å². The Balaban J connectivity index is 3.99. The van der Waals surface area contributed by atoms with Crippen molar-refractivity contribution in [1.82, 2.24) is 0 Å². The minimum absolute atomic E-state index is 0.609. The van der Waals surface area contributed by atoms with Gasteiger partial charge in [-0.15, -0.1) is 0 Å². The lowest BCUT2D eigenvalue weighted by Gasteiger charge is -2.35. The first-order valence-corrected chi connectivity index (χ1v) is 4.83. The second-order valence-electron chi connectivity index (χ2n) is 1.76. The third-order valence-corrected chi connectivity index (χ3v) is 3.49. The molecule has 8 heavy (non-hydrogen) atoms. The minimum Gasteiger partial charge on any atom is -0.155 e. The van der Waals surface area contributed by atoms with Gasteiger partial charge in [-0.3, -0.25) is 0 Å². The Hall–Kier alpha value is 0.140. The van der Waals surface area contributed by atoms with Gasteiger partial charge >= 0.3 is 0 Å². The Labute approximate surface area is 48.2 Å². The zero-order valence-electron chi connectivity index (χ0n) is 5.00. The van der Waals surface area contributed by atoms with Crippen molar-refractivity contribution in [2.45, 2.75) is 13.8 Å². The summed E-state index contributed by atoms with van der Waals surface area (Å²) >= 11 is 0. The van der Waals surface area contributed by atoms with E-state index in [1.165, 1.54) is 13.8 Å². The van der Waals surface area contributed by atoms with Gasteiger partial charge in [-0.2, -0.15) is 11.7 Å². The van der Waals surface area contributed by atoms with Crippen LogP contribution in [0.5, 0.6) is 0 Å². The molecule has 0 saturated heterocycles. The minimum atomic E-state index is -5.60. The summed E-state index contributed by atoms with van der Waals surface area (Å²) in [5, 5.41) is 0. The molecular formula is C4H11F3S. The highest BCUT2D eigenvalue weighted by atomic mass is 32.4. The number of hydrogen-bond donors (Lipinski definition) is 1. The van der Waals surface area contributed by atoms with E-state index in [4.69, 9.17) is 0 Å². The summed E-state index contributed by atoms with van der Waals surface area (Å²) in [5.74, 6) is -1.22. The van der Waals surface area contributed by atoms with Crippen LogP contribution in [0.3, 0.4) is 0 Å². The smallest absolute Gasteiger partial charge is 0.0461 e. The van der Waals surface area contributed by atoms with E-state index in [0.29, 0.717) is 0 Å². The van der Waals surface area contributed by atoms with Crippen molar-refractivity contribution in [3.05, 3.63) is 0 Å². The molecule has 0 aromatic carbocycles. The van der Waals surface area contributed by atoms with E-state index in [-0.39, 0.29) is 0 Å². The summed E-state index contributed by atoms with van der Waals surface area (Å²) in [7, 11) is -5.60. The molecule has 4 heteroatoms. The summed E-state index contributed by atoms with van der Waals surface area (Å²) in [6.45, 7) is 2.36. The third-order valence-electron chi connectivity index (χ3n) is 1.16. The fourth-order valence-electron chi connectivity index (χ4n) is 0.224. The summed E-state index contributed by atoms with van der Waals surface area (Å²) in [4.78, 5) is 0. The molecule has 0 aliphatic heterocycles. The number of thiol groups is 1. The maximum atomic E-state index is 12.0. The van der Waals surface area contributed by atoms with Crippen LogP contribution in [0.25, 0.3) is 0 Å². The third kappa shape index (κ3) is 2.45. The van der Waals surface area contributed by atoms with Gasteiger partial charge in [0, 0.05) is 21.8 Å². The number of rotatable bonds is 2. The summed E-state index contributed by atoms with van der Waals surface area (Å²) < 4.78 is 36.1. The van der Waals surface area contributed by atoms with Gasteiger partial charge in [-0.1, -0.05) is 13.8 Å². The molecule has 0 radical (unpaired) electrons. The highest BCUT2D eigenvalue weighted by Gasteiger charge is 2.33. The average Bonchev–Trinajstić information content (AvgIpc) is 1.68. The van der Waals surface area contributed by atoms with E-state index in [1.807, 2.05) is 0 Å². The molecule has 0 atom stereocenters. The second kappa shape index (κ2) is 1.83. The van der Waals surface area contributed by atoms with Crippen LogP contribution in [0.1, 0.15) is 13.8 Å². The van der Waals surface area contributed by atoms with Crippen LogP contribution >= 0.6 is 10.3 Å². The number of hydrogen-bond acceptors (Lipinski definition) is 0. The Morgan fingerprint density at radius 3 is 1.25 bits per heavy atom. The van der Waals surface area contributed by atoms with E-state index < -0.39 is 21.8 Å². The molecule has 0 N–H and O–H groups in total. The molecule has 0 bridgehead atoms. The van der Waals surface area contributed by atoms with Crippen LogP contribution in [-0.2, 0) is 0 Å². The first-order chi connectivity index (χ1) is 3.39. The van der Waals surface area contributed by atoms with Crippen LogP contribution in [-0.4, -0.2) is 11.5 Å². The molecule has 0 spiro atoms. The van der Waals surface area contributed by atoms with Crippen LogP contribution in [0.15, 0.2) is 0 Å². The van der Waals surface area contributed by atoms with Gasteiger partial charge in [0.2, 0.25) is 0 Å². The lowest BCUT2D eigenvalue weighted by atomic mass is 11.0. The van der Waals surface area contributed by atoms with Gasteiger partial charge in [-0.05, 0) is 0 Å². The molecule has 0 heterocycles. The Bertz CT molecular complexity index is 75.0. The van der Waals surface area contributed by atoms with Gasteiger partial charge in [0.25, 0.3) is 0 Å². The lowest BCUT2D eigenvalue weighted by molar-refractivity contribution is 0.592. The summed E-state index contributed by atoms with van der Waals surface area (Å²) in [5.41, 5.74) is 0. The molecular weight excluding hydrogens is 137 g/mol. The Morgan fingerprint density at radius 2 is 1.25 bits per heavy atom. The van der Waals surface area contributed by atoms with Gasteiger partial charge in [0.05, 0.1) is 0 Å². The fourth-order valence-corrected chi connectivity index (χ4v) is 0.671. The zero-order valence-corrected chi connectivity index (χ0v) is 5.89. The van der Waals surface area contributed by atoms with E-state index in [2.05, 4.69) is 0 Å². The fraction of sp³-hybridized carbons (Fsp3) is 1.00. The van der Waals surface area contributed by atoms with Crippen LogP contribution in [0.4, 0.5) is 11.7 Å². The predicted molar refractivity (Wildman–Crippen MR) is 33.4 cm³/mol. The van der Waals surface area contributed by atoms with Crippen molar-refractivity contribution in [3.63, 3.8) is 0 Å². The highest BCUT2D eigenvalue weighted by Crippen LogP contribution is 2.73. The largest absolute Gasteiger partial charge is 0.155 e. The first kappa shape index (κ1) is 8.14. The Morgan fingerprint density at radius 1 is 1.00 bits per heavy atom. The summed E-state index contributed by atoms with van der Waals surface area (Å²) in [6.07, 6.45) is 0. The van der Waals surface area contributed by atoms with Crippen molar-refractivity contribution in [2.75, 3.05) is 11.5 Å². The molecule has 0 fully saturated rings. The van der Waals surface area contributed by atoms with Crippen molar-refractivity contribution in [1.29, 1.82) is 0 Å². The van der Waals surface area contributed by atoms with E-state index >= 15 is 0 Å². The maximum absolute atomic E-state index is 12.0. The van der Waals surface area contributed by atoms with Crippen molar-refractivity contribution < 1.29 is 11.7 Å². The van der Waals surface area contributed by atoms with Gasteiger partial charge < -0.3 is 0 Å². The highest BCUT2D eigenvalue weighted by molar-refractivity contribution is 8.37. The van der Waals surface area contributed by atoms with Gasteiger partial charge in [-0.25, -0.2) is 0 Å². The van der Waals surface area contributed by atoms with Crippen LogP contribution in [0.2, 0.25) is 0 Å². The van der Waals surface area contributed by atoms with E-state index in [9.17, 15) is 11.7 Å². The molecule has 54 valence electrons. The van der Waals surface area contributed by atoms with Crippen LogP contribution < -0.4 is 0 Å². The molecule has 0 aliphatic rings. The molecule has 0 unspecified atom stereocenters. The first-order valence-electron chi connectivity index (χ1n) is 2.55. The maximum Gasteiger partial charge on any atom is 0.0461 e. The monoisotopic (exact) mass is 148 g/mol. The quantitative estimate of drug-likeness (QED) is 0.572. The van der Waals surface area contributed by atoms with Crippen molar-refractivity contribution >= 4 is 10.3 Å². The standard InChI is InChI=1S/C4H11F3S/c1-3-8(5,6,7)4-2/h8H,3-4H2,1-2H3. The molecule has 0 aromatic heterocycles. The Kier molecular flexibility index (Phi) is 1.86. The average molecular weight is 148 g/mol. The predicted octanol–water partition coefficient (Wildman–Crippen LogP) is 2.75. The normalized spacial score (nSPS) is 17.4. The van der Waals surface area contributed by atoms with Crippen molar-refractivity contribution in [3.8, 4) is 0 Å². The topological polar surface area (TPSA) is 0 Å². The van der Waals surface area contributed by atoms with Crippen molar-refractivity contribution in [2.24, 2.45) is 0 Å². The van der Waals surface area contributed by atoms with E-state index in [0.717, 1.165) is 0 Å². The van der Waals surface area contributed by atoms with Gasteiger partial charge in [0.1, 0.15) is 0 Å². The zero-order chi connectivity index (χ0) is 6.86.